The number of ether oxygens (including phenoxy) is 1. The Balaban J connectivity index is 2.92. The average Bonchev–Trinajstić information content (AvgIpc) is 2.19. The number of rotatable bonds is 4. The molecule has 0 saturated heterocycles. The molecule has 0 aliphatic heterocycles. The van der Waals surface area contributed by atoms with Crippen LogP contribution in [-0.2, 0) is 0 Å². The minimum Gasteiger partial charge on any atom is -0.497 e. The Morgan fingerprint density at radius 3 is 2.57 bits per heavy atom. The van der Waals surface area contributed by atoms with E-state index >= 15 is 0 Å². The average molecular weight is 201 g/mol. The van der Waals surface area contributed by atoms with Crippen LogP contribution in [0.4, 0.5) is 8.78 Å². The molecule has 0 heterocycles. The molecule has 78 valence electrons. The van der Waals surface area contributed by atoms with Crippen molar-refractivity contribution in [1.29, 1.82) is 0 Å². The van der Waals surface area contributed by atoms with Crippen molar-refractivity contribution in [2.75, 3.05) is 14.2 Å². The second-order valence-electron chi connectivity index (χ2n) is 2.88. The zero-order valence-corrected chi connectivity index (χ0v) is 8.13. The van der Waals surface area contributed by atoms with Crippen molar-refractivity contribution in [3.8, 4) is 5.75 Å². The molecule has 0 spiro atoms. The maximum Gasteiger partial charge on any atom is 0.257 e. The highest BCUT2D eigenvalue weighted by atomic mass is 19.3. The summed E-state index contributed by atoms with van der Waals surface area (Å²) in [5, 5.41) is 2.56. The van der Waals surface area contributed by atoms with Crippen molar-refractivity contribution in [2.45, 2.75) is 12.5 Å². The van der Waals surface area contributed by atoms with Crippen molar-refractivity contribution in [2.24, 2.45) is 0 Å². The predicted molar refractivity (Wildman–Crippen MR) is 50.8 cm³/mol. The van der Waals surface area contributed by atoms with Gasteiger partial charge in [-0.3, -0.25) is 0 Å². The zero-order chi connectivity index (χ0) is 10.6. The van der Waals surface area contributed by atoms with Crippen molar-refractivity contribution in [1.82, 2.24) is 5.32 Å². The molecule has 1 unspecified atom stereocenters. The molecule has 1 rings (SSSR count). The van der Waals surface area contributed by atoms with E-state index in [1.54, 1.807) is 24.3 Å². The predicted octanol–water partition coefficient (Wildman–Crippen LogP) is 2.22. The van der Waals surface area contributed by atoms with Gasteiger partial charge in [-0.15, -0.1) is 0 Å². The third-order valence-corrected chi connectivity index (χ3v) is 2.02. The normalized spacial score (nSPS) is 12.9. The molecule has 0 amide bonds. The number of benzene rings is 1. The third-order valence-electron chi connectivity index (χ3n) is 2.02. The summed E-state index contributed by atoms with van der Waals surface area (Å²) in [5.74, 6) is 0.586. The van der Waals surface area contributed by atoms with Crippen LogP contribution in [-0.4, -0.2) is 20.6 Å². The topological polar surface area (TPSA) is 21.3 Å². The molecule has 1 N–H and O–H groups in total. The molecule has 0 aliphatic carbocycles. The maximum atomic E-state index is 12.5. The minimum atomic E-state index is -2.42. The highest BCUT2D eigenvalue weighted by Crippen LogP contribution is 2.23. The van der Waals surface area contributed by atoms with E-state index in [2.05, 4.69) is 5.32 Å². The standard InChI is InChI=1S/C10H13F2NO/c1-13-9(10(11)12)7-4-3-5-8(6-7)14-2/h3-6,9-10,13H,1-2H3. The van der Waals surface area contributed by atoms with Gasteiger partial charge in [0.15, 0.2) is 0 Å². The Hall–Kier alpha value is -1.16. The number of hydrogen-bond acceptors (Lipinski definition) is 2. The van der Waals surface area contributed by atoms with Crippen molar-refractivity contribution >= 4 is 0 Å². The van der Waals surface area contributed by atoms with Crippen LogP contribution in [0.2, 0.25) is 0 Å². The lowest BCUT2D eigenvalue weighted by Gasteiger charge is -2.15. The SMILES string of the molecule is CNC(c1cccc(OC)c1)C(F)F. The molecule has 0 aromatic heterocycles. The Kier molecular flexibility index (Phi) is 3.83. The molecule has 0 aliphatic rings. The summed E-state index contributed by atoms with van der Waals surface area (Å²) in [6.07, 6.45) is -2.42. The van der Waals surface area contributed by atoms with Gasteiger partial charge in [0.2, 0.25) is 0 Å². The van der Waals surface area contributed by atoms with Gasteiger partial charge >= 0.3 is 0 Å². The van der Waals surface area contributed by atoms with Crippen molar-refractivity contribution < 1.29 is 13.5 Å². The molecule has 4 heteroatoms. The summed E-state index contributed by atoms with van der Waals surface area (Å²) in [6, 6.07) is 5.73. The van der Waals surface area contributed by atoms with E-state index < -0.39 is 12.5 Å². The Morgan fingerprint density at radius 1 is 1.36 bits per heavy atom. The molecule has 14 heavy (non-hydrogen) atoms. The first-order valence-corrected chi connectivity index (χ1v) is 4.28. The first-order chi connectivity index (χ1) is 6.69. The van der Waals surface area contributed by atoms with Crippen LogP contribution < -0.4 is 10.1 Å². The fourth-order valence-corrected chi connectivity index (χ4v) is 1.27. The van der Waals surface area contributed by atoms with Crippen LogP contribution in [0, 0.1) is 0 Å². The second kappa shape index (κ2) is 4.91. The Bertz CT molecular complexity index is 291. The number of hydrogen-bond donors (Lipinski definition) is 1. The summed E-state index contributed by atoms with van der Waals surface area (Å²) in [5.41, 5.74) is 0.529. The quantitative estimate of drug-likeness (QED) is 0.806. The first kappa shape index (κ1) is 10.9. The van der Waals surface area contributed by atoms with Gasteiger partial charge in [-0.1, -0.05) is 12.1 Å². The Labute approximate surface area is 81.9 Å². The lowest BCUT2D eigenvalue weighted by atomic mass is 10.1. The van der Waals surface area contributed by atoms with Crippen molar-refractivity contribution in [3.05, 3.63) is 29.8 Å². The van der Waals surface area contributed by atoms with Gasteiger partial charge < -0.3 is 10.1 Å². The van der Waals surface area contributed by atoms with Crippen LogP contribution in [0.1, 0.15) is 11.6 Å². The fraction of sp³-hybridized carbons (Fsp3) is 0.400. The second-order valence-corrected chi connectivity index (χ2v) is 2.88. The third kappa shape index (κ3) is 2.42. The minimum absolute atomic E-state index is 0.529. The number of halogens is 2. The van der Waals surface area contributed by atoms with Crippen LogP contribution >= 0.6 is 0 Å². The summed E-state index contributed by atoms with van der Waals surface area (Å²) in [4.78, 5) is 0. The van der Waals surface area contributed by atoms with Gasteiger partial charge in [0.1, 0.15) is 5.75 Å². The summed E-state index contributed by atoms with van der Waals surface area (Å²) in [7, 11) is 3.02. The van der Waals surface area contributed by atoms with Crippen LogP contribution in [0.15, 0.2) is 24.3 Å². The molecule has 0 saturated carbocycles. The van der Waals surface area contributed by atoms with Gasteiger partial charge in [-0.25, -0.2) is 8.78 Å². The van der Waals surface area contributed by atoms with Gasteiger partial charge in [0, 0.05) is 0 Å². The molecular weight excluding hydrogens is 188 g/mol. The monoisotopic (exact) mass is 201 g/mol. The van der Waals surface area contributed by atoms with E-state index in [4.69, 9.17) is 4.74 Å². The molecule has 1 atom stereocenters. The largest absolute Gasteiger partial charge is 0.497 e. The van der Waals surface area contributed by atoms with Crippen LogP contribution in [0.25, 0.3) is 0 Å². The van der Waals surface area contributed by atoms with E-state index in [0.717, 1.165) is 0 Å². The highest BCUT2D eigenvalue weighted by Gasteiger charge is 2.20. The number of nitrogens with one attached hydrogen (secondary N) is 1. The summed E-state index contributed by atoms with van der Waals surface area (Å²) in [6.45, 7) is 0. The van der Waals surface area contributed by atoms with Gasteiger partial charge in [0.05, 0.1) is 13.2 Å². The first-order valence-electron chi connectivity index (χ1n) is 4.28. The molecule has 0 fully saturated rings. The number of methoxy groups -OCH3 is 1. The van der Waals surface area contributed by atoms with Gasteiger partial charge in [-0.05, 0) is 24.7 Å². The Morgan fingerprint density at radius 2 is 2.07 bits per heavy atom. The van der Waals surface area contributed by atoms with Gasteiger partial charge in [0.25, 0.3) is 6.43 Å². The molecule has 2 nitrogen and oxygen atoms in total. The van der Waals surface area contributed by atoms with Crippen molar-refractivity contribution in [3.63, 3.8) is 0 Å². The number of alkyl halides is 2. The highest BCUT2D eigenvalue weighted by molar-refractivity contribution is 5.30. The maximum absolute atomic E-state index is 12.5. The fourth-order valence-electron chi connectivity index (χ4n) is 1.27. The lowest BCUT2D eigenvalue weighted by molar-refractivity contribution is 0.102. The van der Waals surface area contributed by atoms with E-state index in [1.165, 1.54) is 14.2 Å². The summed E-state index contributed by atoms with van der Waals surface area (Å²) < 4.78 is 30.0. The summed E-state index contributed by atoms with van der Waals surface area (Å²) >= 11 is 0. The molecule has 0 radical (unpaired) electrons. The van der Waals surface area contributed by atoms with E-state index in [0.29, 0.717) is 11.3 Å². The van der Waals surface area contributed by atoms with E-state index in [9.17, 15) is 8.78 Å². The smallest absolute Gasteiger partial charge is 0.257 e. The molecule has 1 aromatic rings. The van der Waals surface area contributed by atoms with Crippen LogP contribution in [0.3, 0.4) is 0 Å². The lowest BCUT2D eigenvalue weighted by Crippen LogP contribution is -2.23. The zero-order valence-electron chi connectivity index (χ0n) is 8.13. The van der Waals surface area contributed by atoms with E-state index in [1.807, 2.05) is 0 Å². The molecular formula is C10H13F2NO. The van der Waals surface area contributed by atoms with E-state index in [-0.39, 0.29) is 0 Å². The van der Waals surface area contributed by atoms with Gasteiger partial charge in [-0.2, -0.15) is 0 Å². The molecule has 0 bridgehead atoms. The van der Waals surface area contributed by atoms with Crippen LogP contribution in [0.5, 0.6) is 5.75 Å². The molecule has 1 aromatic carbocycles.